The van der Waals surface area contributed by atoms with Crippen molar-refractivity contribution < 1.29 is 4.79 Å². The third-order valence-corrected chi connectivity index (χ3v) is 5.00. The Morgan fingerprint density at radius 1 is 0.966 bits per heavy atom. The van der Waals surface area contributed by atoms with Crippen LogP contribution in [0.3, 0.4) is 0 Å². The number of nitrogens with zero attached hydrogens (tertiary/aromatic N) is 2. The van der Waals surface area contributed by atoms with Crippen molar-refractivity contribution in [3.8, 4) is 0 Å². The molecular formula is C22H20N6O. The third kappa shape index (κ3) is 3.75. The van der Waals surface area contributed by atoms with Crippen LogP contribution in [0.4, 0.5) is 17.5 Å². The van der Waals surface area contributed by atoms with Crippen LogP contribution in [0.1, 0.15) is 16.7 Å². The second-order valence-electron chi connectivity index (χ2n) is 7.09. The van der Waals surface area contributed by atoms with Crippen LogP contribution in [-0.2, 0) is 24.3 Å². The average Bonchev–Trinajstić information content (AvgIpc) is 3.35. The lowest BCUT2D eigenvalue weighted by molar-refractivity contribution is -0.115. The Labute approximate surface area is 167 Å². The first-order valence-corrected chi connectivity index (χ1v) is 9.51. The molecule has 1 aliphatic heterocycles. The van der Waals surface area contributed by atoms with Crippen molar-refractivity contribution in [1.82, 2.24) is 15.0 Å². The van der Waals surface area contributed by atoms with Crippen molar-refractivity contribution in [1.29, 1.82) is 0 Å². The molecular weight excluding hydrogens is 364 g/mol. The molecule has 4 aromatic rings. The van der Waals surface area contributed by atoms with Crippen molar-refractivity contribution in [2.45, 2.75) is 19.5 Å². The van der Waals surface area contributed by atoms with Crippen molar-refractivity contribution in [2.75, 3.05) is 16.0 Å². The molecule has 0 saturated carbocycles. The van der Waals surface area contributed by atoms with Gasteiger partial charge in [0.1, 0.15) is 5.82 Å². The van der Waals surface area contributed by atoms with E-state index in [0.29, 0.717) is 25.5 Å². The minimum atomic E-state index is 0.0482. The number of fused-ring (bicyclic) bond motifs is 2. The molecule has 4 N–H and O–H groups in total. The van der Waals surface area contributed by atoms with Gasteiger partial charge in [-0.15, -0.1) is 0 Å². The van der Waals surface area contributed by atoms with Gasteiger partial charge in [0.2, 0.25) is 11.9 Å². The third-order valence-electron chi connectivity index (χ3n) is 5.00. The molecule has 0 radical (unpaired) electrons. The maximum atomic E-state index is 11.5. The van der Waals surface area contributed by atoms with Crippen LogP contribution in [0, 0.1) is 0 Å². The number of carbonyl (C=O) groups is 1. The van der Waals surface area contributed by atoms with Crippen LogP contribution in [0.2, 0.25) is 0 Å². The van der Waals surface area contributed by atoms with Gasteiger partial charge in [0.15, 0.2) is 0 Å². The first-order valence-electron chi connectivity index (χ1n) is 9.51. The number of nitrogens with one attached hydrogen (secondary N) is 4. The monoisotopic (exact) mass is 384 g/mol. The zero-order valence-electron chi connectivity index (χ0n) is 15.7. The van der Waals surface area contributed by atoms with Gasteiger partial charge >= 0.3 is 0 Å². The lowest BCUT2D eigenvalue weighted by Gasteiger charge is -2.10. The standard InChI is InChI=1S/C22H20N6O/c29-21-11-17-4-2-15(10-19(17)27-21)12-25-20-6-8-24-22(28-20)26-13-14-1-3-16-5-7-23-18(16)9-14/h1-10,23H,11-13H2,(H,27,29)(H2,24,25,26,28). The van der Waals surface area contributed by atoms with Crippen LogP contribution >= 0.6 is 0 Å². The summed E-state index contributed by atoms with van der Waals surface area (Å²) in [5.41, 5.74) is 5.30. The van der Waals surface area contributed by atoms with Gasteiger partial charge in [-0.25, -0.2) is 4.98 Å². The van der Waals surface area contributed by atoms with Crippen LogP contribution < -0.4 is 16.0 Å². The molecule has 0 aliphatic carbocycles. The maximum Gasteiger partial charge on any atom is 0.228 e. The highest BCUT2D eigenvalue weighted by molar-refractivity contribution is 5.99. The molecule has 0 bridgehead atoms. The molecule has 0 saturated heterocycles. The number of amides is 1. The van der Waals surface area contributed by atoms with Crippen LogP contribution in [0.25, 0.3) is 10.9 Å². The van der Waals surface area contributed by atoms with Gasteiger partial charge in [0.25, 0.3) is 0 Å². The van der Waals surface area contributed by atoms with E-state index in [1.165, 1.54) is 5.39 Å². The molecule has 1 amide bonds. The molecule has 0 spiro atoms. The predicted octanol–water partition coefficient (Wildman–Crippen LogP) is 3.68. The number of H-pyrrole nitrogens is 1. The Kier molecular flexibility index (Phi) is 4.32. The molecule has 7 heteroatoms. The molecule has 5 rings (SSSR count). The number of aromatic nitrogens is 3. The van der Waals surface area contributed by atoms with Crippen molar-refractivity contribution in [3.63, 3.8) is 0 Å². The summed E-state index contributed by atoms with van der Waals surface area (Å²) in [4.78, 5) is 23.5. The molecule has 0 atom stereocenters. The fraction of sp³-hybridized carbons (Fsp3) is 0.136. The fourth-order valence-electron chi connectivity index (χ4n) is 3.49. The Morgan fingerprint density at radius 3 is 2.79 bits per heavy atom. The van der Waals surface area contributed by atoms with Gasteiger partial charge in [0.05, 0.1) is 6.42 Å². The number of aromatic amines is 1. The molecule has 2 aromatic heterocycles. The van der Waals surface area contributed by atoms with Crippen LogP contribution in [-0.4, -0.2) is 20.9 Å². The summed E-state index contributed by atoms with van der Waals surface area (Å²) in [5.74, 6) is 1.36. The van der Waals surface area contributed by atoms with E-state index in [2.05, 4.69) is 55.2 Å². The second-order valence-corrected chi connectivity index (χ2v) is 7.09. The largest absolute Gasteiger partial charge is 0.366 e. The molecule has 1 aliphatic rings. The van der Waals surface area contributed by atoms with Crippen LogP contribution in [0.5, 0.6) is 0 Å². The van der Waals surface area contributed by atoms with E-state index in [-0.39, 0.29) is 5.91 Å². The lowest BCUT2D eigenvalue weighted by atomic mass is 10.1. The zero-order valence-corrected chi connectivity index (χ0v) is 15.7. The van der Waals surface area contributed by atoms with E-state index in [4.69, 9.17) is 0 Å². The van der Waals surface area contributed by atoms with Gasteiger partial charge in [0, 0.05) is 36.7 Å². The fourth-order valence-corrected chi connectivity index (χ4v) is 3.49. The smallest absolute Gasteiger partial charge is 0.228 e. The summed E-state index contributed by atoms with van der Waals surface area (Å²) >= 11 is 0. The van der Waals surface area contributed by atoms with Crippen molar-refractivity contribution >= 4 is 34.3 Å². The second kappa shape index (κ2) is 7.27. The molecule has 144 valence electrons. The topological polar surface area (TPSA) is 94.7 Å². The summed E-state index contributed by atoms with van der Waals surface area (Å²) in [7, 11) is 0. The van der Waals surface area contributed by atoms with Crippen molar-refractivity contribution in [2.24, 2.45) is 0 Å². The highest BCUT2D eigenvalue weighted by Gasteiger charge is 2.17. The average molecular weight is 384 g/mol. The predicted molar refractivity (Wildman–Crippen MR) is 114 cm³/mol. The molecule has 3 heterocycles. The molecule has 7 nitrogen and oxygen atoms in total. The van der Waals surface area contributed by atoms with Gasteiger partial charge < -0.3 is 20.9 Å². The number of anilines is 3. The number of hydrogen-bond acceptors (Lipinski definition) is 5. The van der Waals surface area contributed by atoms with Crippen molar-refractivity contribution in [3.05, 3.63) is 77.6 Å². The van der Waals surface area contributed by atoms with E-state index in [1.54, 1.807) is 6.20 Å². The molecule has 29 heavy (non-hydrogen) atoms. The summed E-state index contributed by atoms with van der Waals surface area (Å²) in [6.45, 7) is 1.26. The normalized spacial score (nSPS) is 12.6. The van der Waals surface area contributed by atoms with E-state index in [1.807, 2.05) is 30.5 Å². The van der Waals surface area contributed by atoms with E-state index < -0.39 is 0 Å². The summed E-state index contributed by atoms with van der Waals surface area (Å²) in [6.07, 6.45) is 4.13. The number of hydrogen-bond donors (Lipinski definition) is 4. The summed E-state index contributed by atoms with van der Waals surface area (Å²) < 4.78 is 0. The Bertz CT molecular complexity index is 1200. The first kappa shape index (κ1) is 17.2. The first-order chi connectivity index (χ1) is 14.2. The van der Waals surface area contributed by atoms with E-state index in [0.717, 1.165) is 33.7 Å². The minimum absolute atomic E-state index is 0.0482. The Balaban J connectivity index is 1.22. The molecule has 2 aromatic carbocycles. The highest BCUT2D eigenvalue weighted by atomic mass is 16.1. The maximum absolute atomic E-state index is 11.5. The molecule has 0 unspecified atom stereocenters. The summed E-state index contributed by atoms with van der Waals surface area (Å²) in [5, 5.41) is 10.7. The quantitative estimate of drug-likeness (QED) is 0.407. The molecule has 0 fully saturated rings. The van der Waals surface area contributed by atoms with Crippen LogP contribution in [0.15, 0.2) is 60.9 Å². The number of carbonyl (C=O) groups excluding carboxylic acids is 1. The number of benzene rings is 2. The summed E-state index contributed by atoms with van der Waals surface area (Å²) in [6, 6.07) is 16.2. The van der Waals surface area contributed by atoms with Gasteiger partial charge in [-0.3, -0.25) is 4.79 Å². The minimum Gasteiger partial charge on any atom is -0.366 e. The lowest BCUT2D eigenvalue weighted by Crippen LogP contribution is -2.07. The number of rotatable bonds is 6. The Hall–Kier alpha value is -3.87. The highest BCUT2D eigenvalue weighted by Crippen LogP contribution is 2.24. The Morgan fingerprint density at radius 2 is 1.83 bits per heavy atom. The SMILES string of the molecule is O=C1Cc2ccc(CNc3ccnc(NCc4ccc5cc[nH]c5c4)n3)cc2N1. The zero-order chi connectivity index (χ0) is 19.6. The van der Waals surface area contributed by atoms with Gasteiger partial charge in [-0.2, -0.15) is 4.98 Å². The van der Waals surface area contributed by atoms with Gasteiger partial charge in [-0.1, -0.05) is 24.3 Å². The van der Waals surface area contributed by atoms with Gasteiger partial charge in [-0.05, 0) is 46.3 Å². The van der Waals surface area contributed by atoms with E-state index in [9.17, 15) is 4.79 Å². The van der Waals surface area contributed by atoms with E-state index >= 15 is 0 Å².